The van der Waals surface area contributed by atoms with Crippen LogP contribution < -0.4 is 14.5 Å². The number of ether oxygens (including phenoxy) is 2. The van der Waals surface area contributed by atoms with Gasteiger partial charge in [0.1, 0.15) is 11.6 Å². The van der Waals surface area contributed by atoms with Crippen LogP contribution >= 0.6 is 0 Å². The summed E-state index contributed by atoms with van der Waals surface area (Å²) >= 11 is 0. The third-order valence-corrected chi connectivity index (χ3v) is 5.32. The van der Waals surface area contributed by atoms with Gasteiger partial charge in [0.25, 0.3) is 0 Å². The molecule has 0 N–H and O–H groups in total. The van der Waals surface area contributed by atoms with Crippen LogP contribution in [0.15, 0.2) is 24.3 Å². The van der Waals surface area contributed by atoms with Crippen molar-refractivity contribution in [3.05, 3.63) is 29.8 Å². The molecule has 0 spiro atoms. The Morgan fingerprint density at radius 3 is 2.78 bits per heavy atom. The molecule has 6 heteroatoms. The van der Waals surface area contributed by atoms with Crippen LogP contribution in [0.4, 0.5) is 11.8 Å². The number of nitrogens with zero attached hydrogens (tertiary/aromatic N) is 4. The van der Waals surface area contributed by atoms with Crippen LogP contribution in [0.25, 0.3) is 11.3 Å². The van der Waals surface area contributed by atoms with Crippen LogP contribution in [-0.2, 0) is 11.2 Å². The highest BCUT2D eigenvalue weighted by Gasteiger charge is 2.27. The highest BCUT2D eigenvalue weighted by Crippen LogP contribution is 2.36. The molecule has 1 fully saturated rings. The summed E-state index contributed by atoms with van der Waals surface area (Å²) in [6.07, 6.45) is 3.37. The van der Waals surface area contributed by atoms with Gasteiger partial charge in [0.05, 0.1) is 26.0 Å². The van der Waals surface area contributed by atoms with E-state index in [1.807, 2.05) is 12.1 Å². The predicted octanol–water partition coefficient (Wildman–Crippen LogP) is 3.15. The van der Waals surface area contributed by atoms with E-state index in [2.05, 4.69) is 28.9 Å². The normalized spacial score (nSPS) is 16.5. The summed E-state index contributed by atoms with van der Waals surface area (Å²) in [5, 5.41) is 0. The first-order valence-corrected chi connectivity index (χ1v) is 9.93. The Balaban J connectivity index is 1.78. The molecule has 1 aromatic heterocycles. The Morgan fingerprint density at radius 1 is 1.15 bits per heavy atom. The Morgan fingerprint density at radius 2 is 2.00 bits per heavy atom. The minimum atomic E-state index is 0.731. The van der Waals surface area contributed by atoms with Crippen molar-refractivity contribution in [2.45, 2.75) is 26.2 Å². The zero-order valence-corrected chi connectivity index (χ0v) is 16.3. The summed E-state index contributed by atoms with van der Waals surface area (Å²) in [7, 11) is 1.70. The topological polar surface area (TPSA) is 50.7 Å². The largest absolute Gasteiger partial charge is 0.497 e. The second-order valence-corrected chi connectivity index (χ2v) is 7.10. The minimum Gasteiger partial charge on any atom is -0.497 e. The average Bonchev–Trinajstić information content (AvgIpc) is 3.15. The summed E-state index contributed by atoms with van der Waals surface area (Å²) in [5.74, 6) is 2.78. The van der Waals surface area contributed by atoms with E-state index in [9.17, 15) is 0 Å². The van der Waals surface area contributed by atoms with Crippen molar-refractivity contribution in [3.63, 3.8) is 0 Å². The Hall–Kier alpha value is -2.34. The van der Waals surface area contributed by atoms with Crippen LogP contribution in [0.5, 0.6) is 5.75 Å². The molecular weight excluding hydrogens is 340 g/mol. The van der Waals surface area contributed by atoms with Gasteiger partial charge in [0, 0.05) is 37.3 Å². The number of morpholine rings is 1. The lowest BCUT2D eigenvalue weighted by Gasteiger charge is -2.28. The smallest absolute Gasteiger partial charge is 0.228 e. The third-order valence-electron chi connectivity index (χ3n) is 5.32. The van der Waals surface area contributed by atoms with Gasteiger partial charge in [-0.25, -0.2) is 4.98 Å². The number of aromatic nitrogens is 2. The Labute approximate surface area is 161 Å². The molecule has 2 aliphatic heterocycles. The molecule has 0 amide bonds. The van der Waals surface area contributed by atoms with E-state index in [0.717, 1.165) is 74.6 Å². The van der Waals surface area contributed by atoms with E-state index >= 15 is 0 Å². The van der Waals surface area contributed by atoms with Gasteiger partial charge in [-0.1, -0.05) is 25.5 Å². The molecule has 1 aromatic carbocycles. The standard InChI is InChI=1S/C21H28N4O2/c1-3-4-9-24-10-8-18-19(16-6-5-7-17(15-16)26-2)22-21(23-20(18)24)25-11-13-27-14-12-25/h5-7,15H,3-4,8-14H2,1-2H3. The fourth-order valence-corrected chi connectivity index (χ4v) is 3.79. The monoisotopic (exact) mass is 368 g/mol. The van der Waals surface area contributed by atoms with Crippen LogP contribution in [0.1, 0.15) is 25.3 Å². The lowest BCUT2D eigenvalue weighted by atomic mass is 10.1. The van der Waals surface area contributed by atoms with E-state index < -0.39 is 0 Å². The van der Waals surface area contributed by atoms with Gasteiger partial charge < -0.3 is 19.3 Å². The number of fused-ring (bicyclic) bond motifs is 1. The first-order valence-electron chi connectivity index (χ1n) is 9.93. The van der Waals surface area contributed by atoms with Crippen molar-refractivity contribution >= 4 is 11.8 Å². The molecule has 0 bridgehead atoms. The molecule has 0 saturated carbocycles. The van der Waals surface area contributed by atoms with Crippen molar-refractivity contribution in [1.82, 2.24) is 9.97 Å². The summed E-state index contributed by atoms with van der Waals surface area (Å²) in [5.41, 5.74) is 3.40. The third kappa shape index (κ3) is 3.72. The van der Waals surface area contributed by atoms with E-state index in [-0.39, 0.29) is 0 Å². The molecule has 0 atom stereocenters. The molecule has 3 heterocycles. The van der Waals surface area contributed by atoms with Crippen LogP contribution in [0.3, 0.4) is 0 Å². The molecule has 6 nitrogen and oxygen atoms in total. The fraction of sp³-hybridized carbons (Fsp3) is 0.524. The molecule has 27 heavy (non-hydrogen) atoms. The van der Waals surface area contributed by atoms with Gasteiger partial charge in [0.2, 0.25) is 5.95 Å². The van der Waals surface area contributed by atoms with Gasteiger partial charge in [-0.05, 0) is 25.0 Å². The molecule has 0 unspecified atom stereocenters. The van der Waals surface area contributed by atoms with Crippen LogP contribution in [0, 0.1) is 0 Å². The Kier molecular flexibility index (Phi) is 5.43. The highest BCUT2D eigenvalue weighted by atomic mass is 16.5. The van der Waals surface area contributed by atoms with Gasteiger partial charge in [-0.15, -0.1) is 0 Å². The zero-order valence-electron chi connectivity index (χ0n) is 16.3. The number of hydrogen-bond acceptors (Lipinski definition) is 6. The molecule has 0 aliphatic carbocycles. The first-order chi connectivity index (χ1) is 13.3. The number of anilines is 2. The lowest BCUT2D eigenvalue weighted by molar-refractivity contribution is 0.122. The number of rotatable bonds is 6. The maximum atomic E-state index is 5.51. The SMILES string of the molecule is CCCCN1CCc2c(-c3cccc(OC)c3)nc(N3CCOCC3)nc21. The zero-order chi connectivity index (χ0) is 18.6. The predicted molar refractivity (Wildman–Crippen MR) is 108 cm³/mol. The second-order valence-electron chi connectivity index (χ2n) is 7.10. The van der Waals surface area contributed by atoms with Crippen molar-refractivity contribution in [2.75, 3.05) is 56.3 Å². The molecule has 0 radical (unpaired) electrons. The molecule has 2 aromatic rings. The van der Waals surface area contributed by atoms with Crippen LogP contribution in [0.2, 0.25) is 0 Å². The summed E-state index contributed by atoms with van der Waals surface area (Å²) in [6, 6.07) is 8.19. The van der Waals surface area contributed by atoms with E-state index in [4.69, 9.17) is 19.4 Å². The van der Waals surface area contributed by atoms with Gasteiger partial charge in [-0.3, -0.25) is 0 Å². The van der Waals surface area contributed by atoms with Gasteiger partial charge in [-0.2, -0.15) is 4.98 Å². The number of benzene rings is 1. The highest BCUT2D eigenvalue weighted by molar-refractivity contribution is 5.73. The molecule has 2 aliphatic rings. The first kappa shape index (κ1) is 18.0. The molecule has 1 saturated heterocycles. The maximum Gasteiger partial charge on any atom is 0.228 e. The van der Waals surface area contributed by atoms with Crippen molar-refractivity contribution in [1.29, 1.82) is 0 Å². The Bertz CT molecular complexity index is 790. The quantitative estimate of drug-likeness (QED) is 0.781. The number of methoxy groups -OCH3 is 1. The van der Waals surface area contributed by atoms with Crippen molar-refractivity contribution in [2.24, 2.45) is 0 Å². The van der Waals surface area contributed by atoms with Crippen molar-refractivity contribution < 1.29 is 9.47 Å². The van der Waals surface area contributed by atoms with Gasteiger partial charge >= 0.3 is 0 Å². The fourth-order valence-electron chi connectivity index (χ4n) is 3.79. The number of unbranched alkanes of at least 4 members (excludes halogenated alkanes) is 1. The summed E-state index contributed by atoms with van der Waals surface area (Å²) in [4.78, 5) is 14.7. The lowest BCUT2D eigenvalue weighted by Crippen LogP contribution is -2.37. The van der Waals surface area contributed by atoms with E-state index in [0.29, 0.717) is 0 Å². The van der Waals surface area contributed by atoms with Crippen LogP contribution in [-0.4, -0.2) is 56.5 Å². The molecule has 144 valence electrons. The summed E-state index contributed by atoms with van der Waals surface area (Å²) < 4.78 is 10.9. The van der Waals surface area contributed by atoms with E-state index in [1.54, 1.807) is 7.11 Å². The molecule has 4 rings (SSSR count). The molecular formula is C21H28N4O2. The maximum absolute atomic E-state index is 5.51. The average molecular weight is 368 g/mol. The van der Waals surface area contributed by atoms with Gasteiger partial charge in [0.15, 0.2) is 0 Å². The number of hydrogen-bond donors (Lipinski definition) is 0. The minimum absolute atomic E-state index is 0.731. The summed E-state index contributed by atoms with van der Waals surface area (Å²) in [6.45, 7) is 7.45. The van der Waals surface area contributed by atoms with Crippen molar-refractivity contribution in [3.8, 4) is 17.0 Å². The second kappa shape index (κ2) is 8.13. The van der Waals surface area contributed by atoms with E-state index in [1.165, 1.54) is 18.4 Å².